The predicted molar refractivity (Wildman–Crippen MR) is 101 cm³/mol. The molecule has 3 heterocycles. The smallest absolute Gasteiger partial charge is 0.285 e. The van der Waals surface area contributed by atoms with Crippen molar-refractivity contribution in [3.05, 3.63) is 47.7 Å². The number of nitrogens with zero attached hydrogens (tertiary/aromatic N) is 4. The van der Waals surface area contributed by atoms with Crippen molar-refractivity contribution in [3.63, 3.8) is 0 Å². The lowest BCUT2D eigenvalue weighted by molar-refractivity contribution is 0.172. The number of aromatic nitrogens is 2. The van der Waals surface area contributed by atoms with Crippen molar-refractivity contribution in [2.75, 3.05) is 19.7 Å². The Morgan fingerprint density at radius 1 is 1.21 bits per heavy atom. The molecule has 0 bridgehead atoms. The predicted octanol–water partition coefficient (Wildman–Crippen LogP) is 2.42. The number of benzene rings is 1. The fourth-order valence-electron chi connectivity index (χ4n) is 3.56. The third-order valence-corrected chi connectivity index (χ3v) is 6.47. The van der Waals surface area contributed by atoms with Gasteiger partial charge in [0.15, 0.2) is 5.84 Å². The van der Waals surface area contributed by atoms with Crippen molar-refractivity contribution in [1.29, 1.82) is 0 Å². The molecule has 0 N–H and O–H groups in total. The zero-order valence-electron chi connectivity index (χ0n) is 15.5. The van der Waals surface area contributed by atoms with E-state index in [2.05, 4.69) is 14.4 Å². The summed E-state index contributed by atoms with van der Waals surface area (Å²) in [6.45, 7) is 3.54. The molecule has 0 unspecified atom stereocenters. The molecule has 0 saturated carbocycles. The molecule has 0 amide bonds. The van der Waals surface area contributed by atoms with Crippen LogP contribution in [0.1, 0.15) is 31.0 Å². The summed E-state index contributed by atoms with van der Waals surface area (Å²) in [7, 11) is -3.61. The topological polar surface area (TPSA) is 84.8 Å². The third kappa shape index (κ3) is 3.46. The van der Waals surface area contributed by atoms with E-state index in [9.17, 15) is 12.8 Å². The van der Waals surface area contributed by atoms with Gasteiger partial charge in [-0.05, 0) is 37.3 Å². The maximum absolute atomic E-state index is 14.2. The highest BCUT2D eigenvalue weighted by atomic mass is 32.2. The Labute approximate surface area is 163 Å². The number of amidine groups is 1. The molecule has 0 spiro atoms. The summed E-state index contributed by atoms with van der Waals surface area (Å²) in [5, 5.41) is 0. The number of piperidine rings is 1. The van der Waals surface area contributed by atoms with Gasteiger partial charge in [-0.1, -0.05) is 19.1 Å². The van der Waals surface area contributed by atoms with Gasteiger partial charge >= 0.3 is 0 Å². The van der Waals surface area contributed by atoms with Crippen LogP contribution >= 0.6 is 0 Å². The number of hydrogen-bond acceptors (Lipinski definition) is 6. The van der Waals surface area contributed by atoms with E-state index < -0.39 is 15.8 Å². The van der Waals surface area contributed by atoms with Crippen molar-refractivity contribution >= 4 is 15.9 Å². The second kappa shape index (κ2) is 7.46. The highest BCUT2D eigenvalue weighted by molar-refractivity contribution is 7.90. The molecule has 0 aliphatic carbocycles. The first-order valence-corrected chi connectivity index (χ1v) is 10.7. The lowest BCUT2D eigenvalue weighted by Gasteiger charge is -2.33. The Morgan fingerprint density at radius 3 is 2.71 bits per heavy atom. The van der Waals surface area contributed by atoms with Crippen LogP contribution < -0.4 is 4.74 Å². The van der Waals surface area contributed by atoms with E-state index in [-0.39, 0.29) is 16.7 Å². The molecule has 2 aliphatic rings. The molecule has 0 radical (unpaired) electrons. The van der Waals surface area contributed by atoms with E-state index in [1.165, 1.54) is 6.33 Å². The van der Waals surface area contributed by atoms with Crippen molar-refractivity contribution in [3.8, 4) is 5.88 Å². The van der Waals surface area contributed by atoms with Gasteiger partial charge in [-0.15, -0.1) is 4.40 Å². The lowest BCUT2D eigenvalue weighted by atomic mass is 9.97. The van der Waals surface area contributed by atoms with Crippen LogP contribution in [0.15, 0.2) is 39.9 Å². The molecule has 1 fully saturated rings. The second-order valence-corrected chi connectivity index (χ2v) is 8.49. The molecule has 4 rings (SSSR count). The lowest BCUT2D eigenvalue weighted by Crippen LogP contribution is -2.39. The first kappa shape index (κ1) is 18.8. The molecule has 148 valence electrons. The maximum atomic E-state index is 14.2. The molecule has 7 nitrogen and oxygen atoms in total. The van der Waals surface area contributed by atoms with Gasteiger partial charge in [-0.3, -0.25) is 0 Å². The van der Waals surface area contributed by atoms with E-state index in [0.29, 0.717) is 43.2 Å². The Balaban J connectivity index is 1.38. The molecule has 1 saturated heterocycles. The zero-order valence-corrected chi connectivity index (χ0v) is 16.3. The summed E-state index contributed by atoms with van der Waals surface area (Å²) in [5.41, 5.74) is 1.01. The van der Waals surface area contributed by atoms with Crippen molar-refractivity contribution in [2.24, 2.45) is 10.3 Å². The van der Waals surface area contributed by atoms with Gasteiger partial charge in [0.05, 0.1) is 12.3 Å². The number of sulfonamides is 1. The van der Waals surface area contributed by atoms with Crippen LogP contribution in [-0.4, -0.2) is 48.8 Å². The Kier molecular flexibility index (Phi) is 5.01. The van der Waals surface area contributed by atoms with E-state index in [1.54, 1.807) is 18.2 Å². The summed E-state index contributed by atoms with van der Waals surface area (Å²) >= 11 is 0. The highest BCUT2D eigenvalue weighted by Gasteiger charge is 2.33. The van der Waals surface area contributed by atoms with Gasteiger partial charge in [-0.25, -0.2) is 4.98 Å². The summed E-state index contributed by atoms with van der Waals surface area (Å²) in [5.74, 6) is 0.257. The minimum absolute atomic E-state index is 0.00512. The standard InChI is InChI=1S/C19H21FN4O3S/c1-2-15-17(20)19(22-12-21-15)27-11-13-7-9-24(10-8-13)18-14-5-3-4-6-16(14)28(25,26)23-18/h3-6,12-13H,2,7-11H2,1H3. The van der Waals surface area contributed by atoms with Crippen LogP contribution in [0, 0.1) is 11.7 Å². The highest BCUT2D eigenvalue weighted by Crippen LogP contribution is 2.30. The third-order valence-electron chi connectivity index (χ3n) is 5.15. The Morgan fingerprint density at radius 2 is 1.96 bits per heavy atom. The van der Waals surface area contributed by atoms with Gasteiger partial charge in [-0.2, -0.15) is 17.8 Å². The first-order valence-electron chi connectivity index (χ1n) is 9.31. The number of halogens is 1. The Hall–Kier alpha value is -2.55. The van der Waals surface area contributed by atoms with Gasteiger partial charge in [0.25, 0.3) is 15.9 Å². The molecule has 28 heavy (non-hydrogen) atoms. The largest absolute Gasteiger partial charge is 0.475 e. The van der Waals surface area contributed by atoms with Gasteiger partial charge < -0.3 is 9.64 Å². The first-order chi connectivity index (χ1) is 13.5. The van der Waals surface area contributed by atoms with Gasteiger partial charge in [0, 0.05) is 18.7 Å². The van der Waals surface area contributed by atoms with E-state index >= 15 is 0 Å². The van der Waals surface area contributed by atoms with Crippen LogP contribution in [0.3, 0.4) is 0 Å². The van der Waals surface area contributed by atoms with Crippen molar-refractivity contribution in [2.45, 2.75) is 31.1 Å². The molecule has 9 heteroatoms. The molecule has 2 aromatic rings. The number of fused-ring (bicyclic) bond motifs is 1. The normalized spacial score (nSPS) is 18.6. The quantitative estimate of drug-likeness (QED) is 0.778. The summed E-state index contributed by atoms with van der Waals surface area (Å²) in [6, 6.07) is 6.89. The summed E-state index contributed by atoms with van der Waals surface area (Å²) in [6.07, 6.45) is 3.40. The van der Waals surface area contributed by atoms with E-state index in [4.69, 9.17) is 4.74 Å². The van der Waals surface area contributed by atoms with Crippen molar-refractivity contribution < 1.29 is 17.5 Å². The molecule has 1 aromatic carbocycles. The SMILES string of the molecule is CCc1ncnc(OCC2CCN(C3=NS(=O)(=O)c4ccccc43)CC2)c1F. The fraction of sp³-hybridized carbons (Fsp3) is 0.421. The van der Waals surface area contributed by atoms with Gasteiger partial charge in [0.1, 0.15) is 11.2 Å². The van der Waals surface area contributed by atoms with Crippen LogP contribution in [-0.2, 0) is 16.4 Å². The summed E-state index contributed by atoms with van der Waals surface area (Å²) in [4.78, 5) is 10.1. The van der Waals surface area contributed by atoms with Gasteiger partial charge in [0.2, 0.25) is 5.82 Å². The zero-order chi connectivity index (χ0) is 19.7. The monoisotopic (exact) mass is 404 g/mol. The molecule has 0 atom stereocenters. The van der Waals surface area contributed by atoms with Crippen LogP contribution in [0.25, 0.3) is 0 Å². The molecular formula is C19H21FN4O3S. The number of aryl methyl sites for hydroxylation is 1. The minimum atomic E-state index is -3.61. The average Bonchev–Trinajstić information content (AvgIpc) is 2.99. The molecular weight excluding hydrogens is 383 g/mol. The number of rotatable bonds is 4. The van der Waals surface area contributed by atoms with Crippen molar-refractivity contribution in [1.82, 2.24) is 14.9 Å². The second-order valence-electron chi connectivity index (χ2n) is 6.92. The summed E-state index contributed by atoms with van der Waals surface area (Å²) < 4.78 is 48.2. The molecule has 1 aromatic heterocycles. The molecule has 2 aliphatic heterocycles. The average molecular weight is 404 g/mol. The van der Waals surface area contributed by atoms with E-state index in [1.807, 2.05) is 17.9 Å². The van der Waals surface area contributed by atoms with Crippen LogP contribution in [0.2, 0.25) is 0 Å². The van der Waals surface area contributed by atoms with Crippen LogP contribution in [0.4, 0.5) is 4.39 Å². The number of ether oxygens (including phenoxy) is 1. The minimum Gasteiger partial charge on any atom is -0.475 e. The maximum Gasteiger partial charge on any atom is 0.285 e. The number of likely N-dealkylation sites (tertiary alicyclic amines) is 1. The van der Waals surface area contributed by atoms with E-state index in [0.717, 1.165) is 12.8 Å². The number of hydrogen-bond donors (Lipinski definition) is 0. The fourth-order valence-corrected chi connectivity index (χ4v) is 4.79. The van der Waals surface area contributed by atoms with Crippen LogP contribution in [0.5, 0.6) is 5.88 Å². The Bertz CT molecular complexity index is 1020.